The number of hydrogen-bond acceptors (Lipinski definition) is 9. The highest BCUT2D eigenvalue weighted by Gasteiger charge is 2.29. The molecule has 2 N–H and O–H groups in total. The number of carbonyl (C=O) groups is 1. The lowest BCUT2D eigenvalue weighted by Gasteiger charge is -2.34. The standard InChI is InChI=1S/C36H41N9O4/c1-6-7-20-44-29-31(41-33(44)43-19-13-16-25(22-43)38-34(47)49-36(2,3)4)42(5)35(48)45(32(29)46)23-28-39-27-18-12-11-17-26(27)30(40-28)37-21-24-14-9-8-10-15-24/h8-12,14-15,17-18,25H,13,16,19-23H2,1-5H3,(H,38,47)(H,37,39,40). The van der Waals surface area contributed by atoms with Crippen LogP contribution in [0, 0.1) is 11.8 Å². The van der Waals surface area contributed by atoms with Gasteiger partial charge in [0.1, 0.15) is 11.4 Å². The summed E-state index contributed by atoms with van der Waals surface area (Å²) in [6.45, 7) is 8.89. The van der Waals surface area contributed by atoms with Gasteiger partial charge in [0.05, 0.1) is 18.6 Å². The van der Waals surface area contributed by atoms with Gasteiger partial charge in [-0.3, -0.25) is 18.5 Å². The third kappa shape index (κ3) is 7.28. The van der Waals surface area contributed by atoms with Crippen molar-refractivity contribution in [2.24, 2.45) is 7.05 Å². The Labute approximate surface area is 284 Å². The molecule has 0 aliphatic carbocycles. The van der Waals surface area contributed by atoms with Crippen LogP contribution in [0.25, 0.3) is 22.1 Å². The molecule has 1 aliphatic heterocycles. The van der Waals surface area contributed by atoms with Crippen molar-refractivity contribution in [1.29, 1.82) is 0 Å². The molecule has 0 saturated carbocycles. The van der Waals surface area contributed by atoms with Crippen LogP contribution in [0.2, 0.25) is 0 Å². The van der Waals surface area contributed by atoms with Crippen LogP contribution in [0.3, 0.4) is 0 Å². The van der Waals surface area contributed by atoms with Crippen molar-refractivity contribution in [2.75, 3.05) is 23.3 Å². The van der Waals surface area contributed by atoms with Crippen molar-refractivity contribution >= 4 is 39.9 Å². The van der Waals surface area contributed by atoms with Crippen LogP contribution >= 0.6 is 0 Å². The van der Waals surface area contributed by atoms with Gasteiger partial charge in [-0.2, -0.15) is 4.98 Å². The van der Waals surface area contributed by atoms with Gasteiger partial charge in [-0.25, -0.2) is 19.6 Å². The summed E-state index contributed by atoms with van der Waals surface area (Å²) in [5.41, 5.74) is 0.631. The van der Waals surface area contributed by atoms with Gasteiger partial charge in [-0.05, 0) is 58.2 Å². The highest BCUT2D eigenvalue weighted by atomic mass is 16.6. The third-order valence-electron chi connectivity index (χ3n) is 8.30. The highest BCUT2D eigenvalue weighted by molar-refractivity contribution is 5.89. The molecule has 1 saturated heterocycles. The number of amides is 1. The average Bonchev–Trinajstić information content (AvgIpc) is 3.46. The third-order valence-corrected chi connectivity index (χ3v) is 8.30. The minimum absolute atomic E-state index is 0.141. The normalized spacial score (nSPS) is 14.8. The SMILES string of the molecule is CC#CCn1c(N2CCCC(NC(=O)OC(C)(C)C)C2)nc2c1c(=O)n(Cc1nc(NCc3ccccc3)c3ccccc3n1)c(=O)n2C. The summed E-state index contributed by atoms with van der Waals surface area (Å²) >= 11 is 0. The van der Waals surface area contributed by atoms with Crippen LogP contribution in [0.5, 0.6) is 0 Å². The van der Waals surface area contributed by atoms with Crippen molar-refractivity contribution in [3.8, 4) is 11.8 Å². The number of ether oxygens (including phenoxy) is 1. The van der Waals surface area contributed by atoms with E-state index < -0.39 is 22.9 Å². The number of para-hydroxylation sites is 1. The minimum atomic E-state index is -0.617. The Bertz CT molecular complexity index is 2190. The maximum absolute atomic E-state index is 14.3. The van der Waals surface area contributed by atoms with Gasteiger partial charge in [0, 0.05) is 38.1 Å². The number of rotatable bonds is 8. The number of fused-ring (bicyclic) bond motifs is 2. The van der Waals surface area contributed by atoms with Crippen LogP contribution in [-0.4, -0.2) is 59.5 Å². The molecule has 1 fully saturated rings. The van der Waals surface area contributed by atoms with Gasteiger partial charge >= 0.3 is 11.8 Å². The first-order chi connectivity index (χ1) is 23.5. The Balaban J connectivity index is 1.37. The number of hydrogen-bond donors (Lipinski definition) is 2. The molecule has 1 unspecified atom stereocenters. The Hall–Kier alpha value is -5.64. The summed E-state index contributed by atoms with van der Waals surface area (Å²) < 4.78 is 9.76. The number of imidazole rings is 1. The molecular weight excluding hydrogens is 622 g/mol. The van der Waals surface area contributed by atoms with Crippen molar-refractivity contribution in [1.82, 2.24) is 34.0 Å². The van der Waals surface area contributed by atoms with Crippen LogP contribution in [0.4, 0.5) is 16.6 Å². The Kier molecular flexibility index (Phi) is 9.40. The quantitative estimate of drug-likeness (QED) is 0.236. The maximum atomic E-state index is 14.3. The fraction of sp³-hybridized carbons (Fsp3) is 0.389. The topological polar surface area (TPSA) is 141 Å². The number of anilines is 2. The van der Waals surface area contributed by atoms with E-state index in [-0.39, 0.29) is 30.3 Å². The number of nitrogens with one attached hydrogen (secondary N) is 2. The van der Waals surface area contributed by atoms with E-state index in [0.717, 1.165) is 28.4 Å². The lowest BCUT2D eigenvalue weighted by molar-refractivity contribution is 0.0499. The fourth-order valence-electron chi connectivity index (χ4n) is 6.05. The van der Waals surface area contributed by atoms with E-state index in [0.29, 0.717) is 42.7 Å². The van der Waals surface area contributed by atoms with Gasteiger partial charge < -0.3 is 20.3 Å². The first-order valence-electron chi connectivity index (χ1n) is 16.4. The van der Waals surface area contributed by atoms with E-state index in [2.05, 4.69) is 22.5 Å². The molecule has 13 nitrogen and oxygen atoms in total. The van der Waals surface area contributed by atoms with E-state index in [9.17, 15) is 14.4 Å². The van der Waals surface area contributed by atoms with E-state index >= 15 is 0 Å². The second kappa shape index (κ2) is 13.8. The molecule has 0 spiro atoms. The Morgan fingerprint density at radius 1 is 1.02 bits per heavy atom. The van der Waals surface area contributed by atoms with E-state index in [1.807, 2.05) is 80.3 Å². The van der Waals surface area contributed by atoms with E-state index in [1.165, 1.54) is 4.57 Å². The zero-order valence-corrected chi connectivity index (χ0v) is 28.5. The largest absolute Gasteiger partial charge is 0.444 e. The molecule has 1 atom stereocenters. The molecule has 13 heteroatoms. The Morgan fingerprint density at radius 2 is 1.78 bits per heavy atom. The number of carbonyl (C=O) groups excluding carboxylic acids is 1. The highest BCUT2D eigenvalue weighted by Crippen LogP contribution is 2.24. The summed E-state index contributed by atoms with van der Waals surface area (Å²) in [6.07, 6.45) is 1.07. The van der Waals surface area contributed by atoms with E-state index in [4.69, 9.17) is 19.7 Å². The maximum Gasteiger partial charge on any atom is 0.407 e. The lowest BCUT2D eigenvalue weighted by Crippen LogP contribution is -2.49. The van der Waals surface area contributed by atoms with Crippen LogP contribution in [0.1, 0.15) is 51.9 Å². The minimum Gasteiger partial charge on any atom is -0.444 e. The number of aromatic nitrogens is 6. The van der Waals surface area contributed by atoms with Crippen LogP contribution < -0.4 is 26.8 Å². The van der Waals surface area contributed by atoms with Crippen molar-refractivity contribution in [2.45, 2.75) is 71.8 Å². The smallest absolute Gasteiger partial charge is 0.407 e. The van der Waals surface area contributed by atoms with Gasteiger partial charge in [-0.1, -0.05) is 48.4 Å². The zero-order chi connectivity index (χ0) is 34.7. The second-order valence-corrected chi connectivity index (χ2v) is 13.1. The molecule has 2 aromatic carbocycles. The van der Waals surface area contributed by atoms with Crippen molar-refractivity contribution in [3.05, 3.63) is 86.8 Å². The summed E-state index contributed by atoms with van der Waals surface area (Å²) in [5.74, 6) is 7.41. The molecule has 1 amide bonds. The first kappa shape index (κ1) is 33.3. The summed E-state index contributed by atoms with van der Waals surface area (Å²) in [4.78, 5) is 56.9. The van der Waals surface area contributed by atoms with E-state index in [1.54, 1.807) is 18.5 Å². The predicted octanol–water partition coefficient (Wildman–Crippen LogP) is 4.02. The molecule has 1 aliphatic rings. The lowest BCUT2D eigenvalue weighted by atomic mass is 10.1. The molecule has 254 valence electrons. The average molecular weight is 664 g/mol. The van der Waals surface area contributed by atoms with Crippen LogP contribution in [-0.2, 0) is 31.4 Å². The number of piperidine rings is 1. The molecule has 4 heterocycles. The molecule has 6 rings (SSSR count). The molecule has 5 aromatic rings. The number of alkyl carbamates (subject to hydrolysis) is 1. The van der Waals surface area contributed by atoms with Crippen molar-refractivity contribution < 1.29 is 9.53 Å². The van der Waals surface area contributed by atoms with Crippen molar-refractivity contribution in [3.63, 3.8) is 0 Å². The monoisotopic (exact) mass is 663 g/mol. The number of benzene rings is 2. The van der Waals surface area contributed by atoms with Gasteiger partial charge in [0.25, 0.3) is 5.56 Å². The van der Waals surface area contributed by atoms with Crippen LogP contribution in [0.15, 0.2) is 64.2 Å². The predicted molar refractivity (Wildman–Crippen MR) is 190 cm³/mol. The number of aryl methyl sites for hydroxylation is 1. The zero-order valence-electron chi connectivity index (χ0n) is 28.5. The molecule has 0 bridgehead atoms. The molecule has 49 heavy (non-hydrogen) atoms. The van der Waals surface area contributed by atoms with Gasteiger partial charge in [0.2, 0.25) is 5.95 Å². The fourth-order valence-corrected chi connectivity index (χ4v) is 6.05. The molecule has 0 radical (unpaired) electrons. The second-order valence-electron chi connectivity index (χ2n) is 13.1. The van der Waals surface area contributed by atoms with Gasteiger partial charge in [-0.15, -0.1) is 5.92 Å². The molecule has 3 aromatic heterocycles. The Morgan fingerprint density at radius 3 is 2.53 bits per heavy atom. The van der Waals surface area contributed by atoms with Gasteiger partial charge in [0.15, 0.2) is 17.0 Å². The first-order valence-corrected chi connectivity index (χ1v) is 16.4. The molecular formula is C36H41N9O4. The summed E-state index contributed by atoms with van der Waals surface area (Å²) in [6, 6.07) is 17.4. The summed E-state index contributed by atoms with van der Waals surface area (Å²) in [5, 5.41) is 7.21. The number of nitrogens with zero attached hydrogens (tertiary/aromatic N) is 7. The summed E-state index contributed by atoms with van der Waals surface area (Å²) in [7, 11) is 1.60.